The highest BCUT2D eigenvalue weighted by atomic mass is 16.2. The number of benzene rings is 1. The number of carbonyl (C=O) groups is 4. The smallest absolute Gasteiger partial charge is 0.252 e. The fourth-order valence-electron chi connectivity index (χ4n) is 4.69. The summed E-state index contributed by atoms with van der Waals surface area (Å²) in [5.41, 5.74) is 18.6. The van der Waals surface area contributed by atoms with Gasteiger partial charge < -0.3 is 27.8 Å². The number of hydrogen-bond donors (Lipinski definition) is 5. The molecule has 1 heterocycles. The lowest BCUT2D eigenvalue weighted by Crippen LogP contribution is -2.61. The number of aromatic nitrogens is 1. The number of nitrogens with zero attached hydrogens (tertiary/aromatic N) is 3. The highest BCUT2D eigenvalue weighted by molar-refractivity contribution is 6.02. The Labute approximate surface area is 265 Å². The summed E-state index contributed by atoms with van der Waals surface area (Å²) in [5.74, 6) is -2.27. The van der Waals surface area contributed by atoms with E-state index in [0.717, 1.165) is 10.5 Å². The van der Waals surface area contributed by atoms with Gasteiger partial charge in [0.1, 0.15) is 6.04 Å². The number of guanidine groups is 1. The molecule has 0 spiro atoms. The van der Waals surface area contributed by atoms with Crippen molar-refractivity contribution in [2.45, 2.75) is 71.5 Å². The Kier molecular flexibility index (Phi) is 15.4. The van der Waals surface area contributed by atoms with Gasteiger partial charge in [0.25, 0.3) is 5.91 Å². The quantitative estimate of drug-likeness (QED) is 0.0762. The molecule has 0 aliphatic carbocycles. The molecule has 12 heteroatoms. The summed E-state index contributed by atoms with van der Waals surface area (Å²) in [6.45, 7) is 7.79. The third kappa shape index (κ3) is 13.3. The Balaban J connectivity index is 2.37. The van der Waals surface area contributed by atoms with Gasteiger partial charge in [-0.2, -0.15) is 0 Å². The molecule has 0 aliphatic heterocycles. The highest BCUT2D eigenvalue weighted by Crippen LogP contribution is 2.18. The largest absolute Gasteiger partial charge is 0.370 e. The van der Waals surface area contributed by atoms with E-state index in [1.807, 2.05) is 58.0 Å². The van der Waals surface area contributed by atoms with Crippen LogP contribution in [-0.2, 0) is 25.6 Å². The van der Waals surface area contributed by atoms with Crippen molar-refractivity contribution in [2.24, 2.45) is 34.0 Å². The van der Waals surface area contributed by atoms with E-state index in [2.05, 4.69) is 20.6 Å². The Bertz CT molecular complexity index is 1290. The van der Waals surface area contributed by atoms with Crippen LogP contribution in [0.2, 0.25) is 0 Å². The standard InChI is InChI=1S/C33H48N8O4/c1-22(2)19-26(34)31(44)41(28(23(3)4)21-39-29(42)16-15-24-11-6-5-7-12-24)32(45)27(14-10-18-38-33(35)36)40-30(43)20-25-13-8-9-17-37-25/h5-9,11-13,15-17,22-23,26-28H,10,14,18-21,34H2,1-4H3,(H,39,42)(H,40,43)(H4,35,36,38)/b16-15+/t26-,27-,28+/m0/s1. The van der Waals surface area contributed by atoms with Gasteiger partial charge in [-0.3, -0.25) is 34.1 Å². The van der Waals surface area contributed by atoms with Crippen LogP contribution < -0.4 is 27.8 Å². The topological polar surface area (TPSA) is 199 Å². The average molecular weight is 621 g/mol. The van der Waals surface area contributed by atoms with Crippen molar-refractivity contribution >= 4 is 35.7 Å². The summed E-state index contributed by atoms with van der Waals surface area (Å²) in [5, 5.41) is 5.62. The zero-order valence-corrected chi connectivity index (χ0v) is 26.7. The maximum atomic E-state index is 14.3. The molecule has 3 atom stereocenters. The zero-order chi connectivity index (χ0) is 33.4. The number of pyridine rings is 1. The number of nitrogens with one attached hydrogen (secondary N) is 2. The van der Waals surface area contributed by atoms with Crippen LogP contribution in [0.5, 0.6) is 0 Å². The molecule has 0 radical (unpaired) electrons. The van der Waals surface area contributed by atoms with E-state index in [4.69, 9.17) is 17.2 Å². The van der Waals surface area contributed by atoms with Crippen molar-refractivity contribution in [3.63, 3.8) is 0 Å². The maximum absolute atomic E-state index is 14.3. The molecule has 8 N–H and O–H groups in total. The van der Waals surface area contributed by atoms with Gasteiger partial charge in [-0.25, -0.2) is 0 Å². The predicted molar refractivity (Wildman–Crippen MR) is 176 cm³/mol. The lowest BCUT2D eigenvalue weighted by molar-refractivity contribution is -0.152. The average Bonchev–Trinajstić information content (AvgIpc) is 2.99. The van der Waals surface area contributed by atoms with Crippen LogP contribution in [0, 0.1) is 11.8 Å². The SMILES string of the molecule is CC(C)C[C@H](N)C(=O)N(C(=O)[C@H](CCCN=C(N)N)NC(=O)Cc1ccccn1)[C@H](CNC(=O)/C=C/c1ccccc1)C(C)C. The van der Waals surface area contributed by atoms with E-state index in [1.54, 1.807) is 30.5 Å². The Morgan fingerprint density at radius 2 is 1.67 bits per heavy atom. The summed E-state index contributed by atoms with van der Waals surface area (Å²) >= 11 is 0. The number of imide groups is 1. The molecule has 0 fully saturated rings. The molecule has 2 aromatic rings. The minimum atomic E-state index is -1.08. The van der Waals surface area contributed by atoms with E-state index < -0.39 is 35.8 Å². The number of amides is 4. The van der Waals surface area contributed by atoms with Crippen molar-refractivity contribution in [3.05, 3.63) is 72.1 Å². The van der Waals surface area contributed by atoms with Crippen LogP contribution in [-0.4, -0.2) is 70.7 Å². The molecule has 45 heavy (non-hydrogen) atoms. The first kappa shape index (κ1) is 36.6. The van der Waals surface area contributed by atoms with E-state index in [-0.39, 0.29) is 49.6 Å². The summed E-state index contributed by atoms with van der Waals surface area (Å²) in [7, 11) is 0. The summed E-state index contributed by atoms with van der Waals surface area (Å²) < 4.78 is 0. The van der Waals surface area contributed by atoms with E-state index in [0.29, 0.717) is 18.5 Å². The number of rotatable bonds is 17. The summed E-state index contributed by atoms with van der Waals surface area (Å²) in [6, 6.07) is 11.8. The van der Waals surface area contributed by atoms with Crippen molar-refractivity contribution < 1.29 is 19.2 Å². The molecule has 1 aromatic carbocycles. The van der Waals surface area contributed by atoms with Gasteiger partial charge in [0.15, 0.2) is 5.96 Å². The molecular formula is C33H48N8O4. The Morgan fingerprint density at radius 1 is 0.978 bits per heavy atom. The van der Waals surface area contributed by atoms with Crippen LogP contribution >= 0.6 is 0 Å². The van der Waals surface area contributed by atoms with Gasteiger partial charge in [-0.1, -0.05) is 64.1 Å². The molecule has 0 saturated heterocycles. The molecule has 0 bridgehead atoms. The minimum absolute atomic E-state index is 0.00981. The van der Waals surface area contributed by atoms with Crippen molar-refractivity contribution in [2.75, 3.05) is 13.1 Å². The third-order valence-electron chi connectivity index (χ3n) is 6.98. The van der Waals surface area contributed by atoms with Gasteiger partial charge in [0, 0.05) is 31.1 Å². The third-order valence-corrected chi connectivity index (χ3v) is 6.98. The number of hydrogen-bond acceptors (Lipinski definition) is 7. The van der Waals surface area contributed by atoms with Gasteiger partial charge in [-0.15, -0.1) is 0 Å². The fourth-order valence-corrected chi connectivity index (χ4v) is 4.69. The van der Waals surface area contributed by atoms with Crippen molar-refractivity contribution in [3.8, 4) is 0 Å². The Morgan fingerprint density at radius 3 is 2.27 bits per heavy atom. The van der Waals surface area contributed by atoms with Crippen LogP contribution in [0.1, 0.15) is 58.2 Å². The molecule has 2 rings (SSSR count). The molecule has 0 aliphatic rings. The molecule has 1 aromatic heterocycles. The maximum Gasteiger partial charge on any atom is 0.252 e. The second kappa shape index (κ2) is 18.9. The Hall–Kier alpha value is -4.58. The molecule has 12 nitrogen and oxygen atoms in total. The molecule has 4 amide bonds. The predicted octanol–water partition coefficient (Wildman–Crippen LogP) is 1.75. The molecule has 244 valence electrons. The number of nitrogens with two attached hydrogens (primary N) is 3. The van der Waals surface area contributed by atoms with Crippen LogP contribution in [0.25, 0.3) is 6.08 Å². The van der Waals surface area contributed by atoms with Crippen LogP contribution in [0.15, 0.2) is 65.8 Å². The summed E-state index contributed by atoms with van der Waals surface area (Å²) in [6.07, 6.45) is 5.45. The van der Waals surface area contributed by atoms with Crippen LogP contribution in [0.4, 0.5) is 0 Å². The van der Waals surface area contributed by atoms with E-state index in [9.17, 15) is 19.2 Å². The first-order valence-electron chi connectivity index (χ1n) is 15.3. The number of carbonyl (C=O) groups excluding carboxylic acids is 4. The van der Waals surface area contributed by atoms with Gasteiger partial charge in [0.2, 0.25) is 17.7 Å². The van der Waals surface area contributed by atoms with E-state index >= 15 is 0 Å². The second-order valence-electron chi connectivity index (χ2n) is 11.6. The fraction of sp³-hybridized carbons (Fsp3) is 0.455. The molecule has 0 unspecified atom stereocenters. The van der Waals surface area contributed by atoms with Crippen LogP contribution in [0.3, 0.4) is 0 Å². The van der Waals surface area contributed by atoms with E-state index in [1.165, 1.54) is 6.08 Å². The molecule has 0 saturated carbocycles. The highest BCUT2D eigenvalue weighted by Gasteiger charge is 2.38. The zero-order valence-electron chi connectivity index (χ0n) is 26.7. The second-order valence-corrected chi connectivity index (χ2v) is 11.6. The normalized spacial score (nSPS) is 13.2. The van der Waals surface area contributed by atoms with Crippen molar-refractivity contribution in [1.29, 1.82) is 0 Å². The lowest BCUT2D eigenvalue weighted by atomic mass is 9.96. The van der Waals surface area contributed by atoms with Crippen molar-refractivity contribution in [1.82, 2.24) is 20.5 Å². The van der Waals surface area contributed by atoms with Gasteiger partial charge in [0.05, 0.1) is 18.5 Å². The molecular weight excluding hydrogens is 572 g/mol. The van der Waals surface area contributed by atoms with Gasteiger partial charge >= 0.3 is 0 Å². The first-order valence-corrected chi connectivity index (χ1v) is 15.3. The monoisotopic (exact) mass is 620 g/mol. The minimum Gasteiger partial charge on any atom is -0.370 e. The summed E-state index contributed by atoms with van der Waals surface area (Å²) in [4.78, 5) is 63.3. The van der Waals surface area contributed by atoms with Gasteiger partial charge in [-0.05, 0) is 54.9 Å². The first-order chi connectivity index (χ1) is 21.4. The number of aliphatic imine (C=N–C) groups is 1. The lowest BCUT2D eigenvalue weighted by Gasteiger charge is -2.37.